The molecule has 4 rings (SSSR count). The molecule has 0 aliphatic rings. The summed E-state index contributed by atoms with van der Waals surface area (Å²) in [5, 5.41) is 20.4. The van der Waals surface area contributed by atoms with Gasteiger partial charge in [-0.2, -0.15) is 5.26 Å². The summed E-state index contributed by atoms with van der Waals surface area (Å²) in [5.41, 5.74) is 1.79. The summed E-state index contributed by atoms with van der Waals surface area (Å²) in [6, 6.07) is 24.3. The Morgan fingerprint density at radius 2 is 1.88 bits per heavy atom. The van der Waals surface area contributed by atoms with E-state index >= 15 is 0 Å². The van der Waals surface area contributed by atoms with E-state index in [1.165, 1.54) is 17.8 Å². The third-order valence-electron chi connectivity index (χ3n) is 4.82. The molecule has 1 aromatic heterocycles. The topological polar surface area (TPSA) is 92.8 Å². The Bertz CT molecular complexity index is 1340. The molecule has 0 radical (unpaired) electrons. The highest BCUT2D eigenvalue weighted by Crippen LogP contribution is 2.27. The first-order valence-corrected chi connectivity index (χ1v) is 11.3. The summed E-state index contributed by atoms with van der Waals surface area (Å²) in [7, 11) is 0. The van der Waals surface area contributed by atoms with E-state index in [4.69, 9.17) is 10.00 Å². The van der Waals surface area contributed by atoms with Crippen LogP contribution in [0.1, 0.15) is 18.3 Å². The Morgan fingerprint density at radius 3 is 2.65 bits per heavy atom. The number of para-hydroxylation sites is 2. The van der Waals surface area contributed by atoms with Crippen LogP contribution in [0.4, 0.5) is 10.1 Å². The van der Waals surface area contributed by atoms with Crippen molar-refractivity contribution >= 4 is 23.4 Å². The Balaban J connectivity index is 1.54. The summed E-state index contributed by atoms with van der Waals surface area (Å²) in [5.74, 6) is -0.126. The van der Waals surface area contributed by atoms with Gasteiger partial charge in [0.15, 0.2) is 22.5 Å². The predicted molar refractivity (Wildman–Crippen MR) is 127 cm³/mol. The highest BCUT2D eigenvalue weighted by molar-refractivity contribution is 8.00. The molecule has 9 heteroatoms. The molecule has 0 aliphatic heterocycles. The summed E-state index contributed by atoms with van der Waals surface area (Å²) < 4.78 is 21.4. The molecule has 1 atom stereocenters. The molecule has 170 valence electrons. The van der Waals surface area contributed by atoms with Crippen LogP contribution in [0.2, 0.25) is 0 Å². The number of carbonyl (C=O) groups excluding carboxylic acids is 1. The number of carbonyl (C=O) groups is 1. The van der Waals surface area contributed by atoms with Gasteiger partial charge in [0.2, 0.25) is 5.91 Å². The predicted octanol–water partition coefficient (Wildman–Crippen LogP) is 4.98. The average molecular weight is 474 g/mol. The average Bonchev–Trinajstić information content (AvgIpc) is 3.26. The molecule has 0 bridgehead atoms. The van der Waals surface area contributed by atoms with Crippen LogP contribution in [0.15, 0.2) is 84.0 Å². The maximum absolute atomic E-state index is 14.0. The molecule has 0 saturated heterocycles. The number of benzene rings is 3. The largest absolute Gasteiger partial charge is 0.483 e. The normalized spacial score (nSPS) is 11.4. The van der Waals surface area contributed by atoms with Gasteiger partial charge in [-0.25, -0.2) is 4.39 Å². The first kappa shape index (κ1) is 23.0. The van der Waals surface area contributed by atoms with Gasteiger partial charge in [0, 0.05) is 11.4 Å². The fourth-order valence-corrected chi connectivity index (χ4v) is 4.02. The number of rotatable bonds is 8. The monoisotopic (exact) mass is 473 g/mol. The van der Waals surface area contributed by atoms with E-state index in [0.29, 0.717) is 22.2 Å². The third kappa shape index (κ3) is 5.42. The zero-order valence-electron chi connectivity index (χ0n) is 18.2. The van der Waals surface area contributed by atoms with Gasteiger partial charge in [-0.1, -0.05) is 48.2 Å². The Labute approximate surface area is 200 Å². The number of amides is 1. The van der Waals surface area contributed by atoms with Gasteiger partial charge in [-0.15, -0.1) is 10.2 Å². The van der Waals surface area contributed by atoms with Crippen molar-refractivity contribution in [2.45, 2.75) is 23.9 Å². The second kappa shape index (κ2) is 10.6. The number of hydrogen-bond donors (Lipinski definition) is 1. The zero-order chi connectivity index (χ0) is 23.9. The minimum atomic E-state index is -0.516. The number of thioether (sulfide) groups is 1. The fraction of sp³-hybridized carbons (Fsp3) is 0.120. The molecule has 4 aromatic rings. The molecule has 0 spiro atoms. The van der Waals surface area contributed by atoms with Crippen molar-refractivity contribution in [1.29, 1.82) is 5.26 Å². The second-order valence-corrected chi connectivity index (χ2v) is 8.54. The minimum absolute atomic E-state index is 0.00901. The molecular formula is C25H20FN5O2S. The number of ether oxygens (including phenoxy) is 1. The van der Waals surface area contributed by atoms with Crippen LogP contribution in [0.3, 0.4) is 0 Å². The van der Waals surface area contributed by atoms with Gasteiger partial charge in [0.25, 0.3) is 0 Å². The van der Waals surface area contributed by atoms with Crippen LogP contribution in [0.5, 0.6) is 5.75 Å². The Kier molecular flexibility index (Phi) is 7.20. The lowest BCUT2D eigenvalue weighted by Gasteiger charge is -2.14. The molecule has 0 aliphatic carbocycles. The first-order chi connectivity index (χ1) is 16.5. The van der Waals surface area contributed by atoms with E-state index in [2.05, 4.69) is 21.6 Å². The highest BCUT2D eigenvalue weighted by atomic mass is 32.2. The lowest BCUT2D eigenvalue weighted by atomic mass is 10.2. The summed E-state index contributed by atoms with van der Waals surface area (Å²) in [6.07, 6.45) is 0. The number of hydrogen-bond acceptors (Lipinski definition) is 6. The number of aromatic nitrogens is 3. The van der Waals surface area contributed by atoms with Crippen LogP contribution in [0, 0.1) is 17.1 Å². The number of anilines is 1. The first-order valence-electron chi connectivity index (χ1n) is 10.4. The second-order valence-electron chi connectivity index (χ2n) is 7.23. The molecule has 1 amide bonds. The highest BCUT2D eigenvalue weighted by Gasteiger charge is 2.22. The van der Waals surface area contributed by atoms with Gasteiger partial charge >= 0.3 is 0 Å². The molecule has 34 heavy (non-hydrogen) atoms. The molecule has 0 unspecified atom stereocenters. The van der Waals surface area contributed by atoms with Crippen LogP contribution >= 0.6 is 11.8 Å². The van der Waals surface area contributed by atoms with Crippen molar-refractivity contribution in [2.75, 3.05) is 5.32 Å². The van der Waals surface area contributed by atoms with E-state index in [1.54, 1.807) is 54.0 Å². The quantitative estimate of drug-likeness (QED) is 0.363. The number of halogens is 1. The van der Waals surface area contributed by atoms with E-state index in [-0.39, 0.29) is 18.3 Å². The summed E-state index contributed by atoms with van der Waals surface area (Å²) in [6.45, 7) is 1.75. The minimum Gasteiger partial charge on any atom is -0.483 e. The molecule has 3 aromatic carbocycles. The molecular weight excluding hydrogens is 453 g/mol. The van der Waals surface area contributed by atoms with Crippen molar-refractivity contribution < 1.29 is 13.9 Å². The SMILES string of the molecule is C[C@@H](Sc1nnc(COc2ccccc2F)n1-c1ccccc1)C(=O)Nc1cccc(C#N)c1. The van der Waals surface area contributed by atoms with Crippen LogP contribution in [-0.4, -0.2) is 25.9 Å². The van der Waals surface area contributed by atoms with Gasteiger partial charge in [0.1, 0.15) is 6.61 Å². The maximum Gasteiger partial charge on any atom is 0.237 e. The number of nitriles is 1. The van der Waals surface area contributed by atoms with Crippen molar-refractivity contribution in [3.63, 3.8) is 0 Å². The fourth-order valence-electron chi connectivity index (χ4n) is 3.13. The number of nitrogens with one attached hydrogen (secondary N) is 1. The molecule has 0 saturated carbocycles. The molecule has 7 nitrogen and oxygen atoms in total. The Hall–Kier alpha value is -4.16. The van der Waals surface area contributed by atoms with E-state index in [1.807, 2.05) is 30.3 Å². The van der Waals surface area contributed by atoms with Crippen LogP contribution in [0.25, 0.3) is 5.69 Å². The smallest absolute Gasteiger partial charge is 0.237 e. The summed E-state index contributed by atoms with van der Waals surface area (Å²) >= 11 is 1.23. The van der Waals surface area contributed by atoms with Crippen molar-refractivity contribution in [3.8, 4) is 17.5 Å². The van der Waals surface area contributed by atoms with Crippen molar-refractivity contribution in [3.05, 3.63) is 96.1 Å². The van der Waals surface area contributed by atoms with Crippen molar-refractivity contribution in [1.82, 2.24) is 14.8 Å². The van der Waals surface area contributed by atoms with Gasteiger partial charge in [-0.3, -0.25) is 9.36 Å². The molecule has 0 fully saturated rings. The Morgan fingerprint density at radius 1 is 1.12 bits per heavy atom. The van der Waals surface area contributed by atoms with Gasteiger partial charge in [0.05, 0.1) is 16.9 Å². The standard InChI is InChI=1S/C25H20FN5O2S/c1-17(24(32)28-19-9-7-8-18(14-19)15-27)34-25-30-29-23(31(25)20-10-3-2-4-11-20)16-33-22-13-6-5-12-21(22)26/h2-14,17H,16H2,1H3,(H,28,32)/t17-/m1/s1. The summed E-state index contributed by atoms with van der Waals surface area (Å²) in [4.78, 5) is 12.8. The van der Waals surface area contributed by atoms with Crippen LogP contribution < -0.4 is 10.1 Å². The zero-order valence-corrected chi connectivity index (χ0v) is 19.0. The molecule has 1 heterocycles. The van der Waals surface area contributed by atoms with Gasteiger partial charge < -0.3 is 10.1 Å². The van der Waals surface area contributed by atoms with E-state index < -0.39 is 11.1 Å². The van der Waals surface area contributed by atoms with Crippen molar-refractivity contribution in [2.24, 2.45) is 0 Å². The van der Waals surface area contributed by atoms with E-state index in [9.17, 15) is 9.18 Å². The number of nitrogens with zero attached hydrogens (tertiary/aromatic N) is 4. The maximum atomic E-state index is 14.0. The lowest BCUT2D eigenvalue weighted by molar-refractivity contribution is -0.115. The van der Waals surface area contributed by atoms with Gasteiger partial charge in [-0.05, 0) is 49.4 Å². The molecule has 1 N–H and O–H groups in total. The van der Waals surface area contributed by atoms with Crippen LogP contribution in [-0.2, 0) is 11.4 Å². The third-order valence-corrected chi connectivity index (χ3v) is 5.86. The van der Waals surface area contributed by atoms with E-state index in [0.717, 1.165) is 5.69 Å². The lowest BCUT2D eigenvalue weighted by Crippen LogP contribution is -2.23.